The molecule has 2 aliphatic rings. The molecule has 2 heterocycles. The third-order valence-electron chi connectivity index (χ3n) is 6.62. The molecule has 5 rings (SSSR count). The molecular formula is C27H24FN3O3. The van der Waals surface area contributed by atoms with Crippen LogP contribution < -0.4 is 5.32 Å². The Morgan fingerprint density at radius 2 is 1.82 bits per heavy atom. The molecule has 0 unspecified atom stereocenters. The van der Waals surface area contributed by atoms with Crippen LogP contribution in [0.5, 0.6) is 0 Å². The molecule has 172 valence electrons. The molecule has 0 bridgehead atoms. The smallest absolute Gasteiger partial charge is 0.336 e. The number of benzene rings is 2. The van der Waals surface area contributed by atoms with E-state index in [1.54, 1.807) is 18.3 Å². The number of esters is 1. The number of hydrogen-bond acceptors (Lipinski definition) is 5. The van der Waals surface area contributed by atoms with Crippen LogP contribution in [0.1, 0.15) is 42.7 Å². The minimum absolute atomic E-state index is 0.0535. The topological polar surface area (TPSA) is 84.1 Å². The van der Waals surface area contributed by atoms with Gasteiger partial charge in [0, 0.05) is 29.0 Å². The third kappa shape index (κ3) is 3.73. The number of aromatic nitrogens is 2. The largest absolute Gasteiger partial charge is 0.466 e. The first-order chi connectivity index (χ1) is 16.5. The maximum atomic E-state index is 13.6. The number of H-pyrrole nitrogens is 1. The zero-order chi connectivity index (χ0) is 23.8. The molecule has 1 aliphatic heterocycles. The van der Waals surface area contributed by atoms with Crippen molar-refractivity contribution in [2.24, 2.45) is 0 Å². The van der Waals surface area contributed by atoms with Crippen LogP contribution in [0.3, 0.4) is 0 Å². The zero-order valence-electron chi connectivity index (χ0n) is 18.9. The second kappa shape index (κ2) is 8.74. The van der Waals surface area contributed by atoms with Crippen LogP contribution >= 0.6 is 0 Å². The van der Waals surface area contributed by atoms with Gasteiger partial charge in [0.2, 0.25) is 0 Å². The first-order valence-corrected chi connectivity index (χ1v) is 11.1. The number of dihydropyridines is 1. The van der Waals surface area contributed by atoms with E-state index in [0.29, 0.717) is 23.3 Å². The summed E-state index contributed by atoms with van der Waals surface area (Å²) in [6.45, 7) is 1.82. The van der Waals surface area contributed by atoms with E-state index in [4.69, 9.17) is 4.74 Å². The van der Waals surface area contributed by atoms with Crippen molar-refractivity contribution >= 4 is 11.8 Å². The van der Waals surface area contributed by atoms with Crippen molar-refractivity contribution in [3.8, 4) is 11.3 Å². The van der Waals surface area contributed by atoms with Gasteiger partial charge in [-0.05, 0) is 42.5 Å². The maximum Gasteiger partial charge on any atom is 0.336 e. The lowest BCUT2D eigenvalue weighted by atomic mass is 9.71. The van der Waals surface area contributed by atoms with E-state index < -0.39 is 11.9 Å². The molecule has 6 nitrogen and oxygen atoms in total. The van der Waals surface area contributed by atoms with E-state index in [9.17, 15) is 14.0 Å². The summed E-state index contributed by atoms with van der Waals surface area (Å²) in [5, 5.41) is 10.6. The fourth-order valence-electron chi connectivity index (χ4n) is 5.05. The number of methoxy groups -OCH3 is 1. The normalized spacial score (nSPS) is 20.1. The molecule has 0 saturated carbocycles. The molecular weight excluding hydrogens is 433 g/mol. The number of rotatable bonds is 4. The summed E-state index contributed by atoms with van der Waals surface area (Å²) in [6, 6.07) is 16.0. The number of ether oxygens (including phenoxy) is 1. The highest BCUT2D eigenvalue weighted by atomic mass is 19.1. The quantitative estimate of drug-likeness (QED) is 0.553. The molecule has 3 aromatic rings. The Labute approximate surface area is 196 Å². The molecule has 2 atom stereocenters. The SMILES string of the molecule is COC(=O)C1=C(C)NC2=C(C(=O)C[C@H](c3ccc(F)cc3)C2)[C@@H]1c1cn[nH]c1-c1ccccc1. The fraction of sp³-hybridized carbons (Fsp3) is 0.222. The molecule has 0 radical (unpaired) electrons. The van der Waals surface area contributed by atoms with Gasteiger partial charge in [0.1, 0.15) is 5.82 Å². The molecule has 1 aliphatic carbocycles. The summed E-state index contributed by atoms with van der Waals surface area (Å²) in [4.78, 5) is 26.5. The summed E-state index contributed by atoms with van der Waals surface area (Å²) < 4.78 is 18.6. The van der Waals surface area contributed by atoms with E-state index >= 15 is 0 Å². The van der Waals surface area contributed by atoms with E-state index in [-0.39, 0.29) is 23.9 Å². The number of carbonyl (C=O) groups excluding carboxylic acids is 2. The number of nitrogens with one attached hydrogen (secondary N) is 2. The van der Waals surface area contributed by atoms with Gasteiger partial charge in [-0.2, -0.15) is 5.10 Å². The van der Waals surface area contributed by atoms with E-state index in [1.807, 2.05) is 37.3 Å². The Morgan fingerprint density at radius 1 is 1.09 bits per heavy atom. The van der Waals surface area contributed by atoms with Gasteiger partial charge in [-0.1, -0.05) is 42.5 Å². The first-order valence-electron chi connectivity index (χ1n) is 11.1. The number of aromatic amines is 1. The third-order valence-corrected chi connectivity index (χ3v) is 6.62. The summed E-state index contributed by atoms with van der Waals surface area (Å²) in [7, 11) is 1.34. The van der Waals surface area contributed by atoms with Crippen molar-refractivity contribution in [2.45, 2.75) is 31.6 Å². The predicted octanol–water partition coefficient (Wildman–Crippen LogP) is 4.75. The lowest BCUT2D eigenvalue weighted by molar-refractivity contribution is -0.136. The minimum Gasteiger partial charge on any atom is -0.466 e. The van der Waals surface area contributed by atoms with E-state index in [0.717, 1.165) is 28.1 Å². The molecule has 7 heteroatoms. The van der Waals surface area contributed by atoms with Crippen LogP contribution in [-0.2, 0) is 14.3 Å². The van der Waals surface area contributed by atoms with Crippen LogP contribution in [0, 0.1) is 5.82 Å². The van der Waals surface area contributed by atoms with Gasteiger partial charge in [-0.15, -0.1) is 0 Å². The zero-order valence-corrected chi connectivity index (χ0v) is 18.9. The van der Waals surface area contributed by atoms with Crippen molar-refractivity contribution in [2.75, 3.05) is 7.11 Å². The van der Waals surface area contributed by atoms with E-state index in [1.165, 1.54) is 19.2 Å². The van der Waals surface area contributed by atoms with Crippen molar-refractivity contribution in [1.82, 2.24) is 15.5 Å². The Bertz CT molecular complexity index is 1320. The molecule has 1 aromatic heterocycles. The number of hydrogen-bond donors (Lipinski definition) is 2. The van der Waals surface area contributed by atoms with Crippen molar-refractivity contribution in [3.63, 3.8) is 0 Å². The van der Waals surface area contributed by atoms with Gasteiger partial charge in [-0.3, -0.25) is 9.89 Å². The lowest BCUT2D eigenvalue weighted by Gasteiger charge is -2.36. The Kier molecular flexibility index (Phi) is 5.61. The minimum atomic E-state index is -0.612. The Morgan fingerprint density at radius 3 is 2.53 bits per heavy atom. The number of allylic oxidation sites excluding steroid dienone is 3. The molecule has 0 saturated heterocycles. The van der Waals surface area contributed by atoms with Gasteiger partial charge in [0.15, 0.2) is 5.78 Å². The van der Waals surface area contributed by atoms with Gasteiger partial charge >= 0.3 is 5.97 Å². The van der Waals surface area contributed by atoms with Crippen molar-refractivity contribution in [3.05, 3.63) is 100 Å². The van der Waals surface area contributed by atoms with Crippen LogP contribution in [0.2, 0.25) is 0 Å². The highest BCUT2D eigenvalue weighted by molar-refractivity contribution is 6.04. The van der Waals surface area contributed by atoms with Gasteiger partial charge < -0.3 is 10.1 Å². The number of nitrogens with zero attached hydrogens (tertiary/aromatic N) is 1. The van der Waals surface area contributed by atoms with Crippen LogP contribution in [-0.4, -0.2) is 29.1 Å². The highest BCUT2D eigenvalue weighted by Gasteiger charge is 2.42. The summed E-state index contributed by atoms with van der Waals surface area (Å²) >= 11 is 0. The summed E-state index contributed by atoms with van der Waals surface area (Å²) in [5.74, 6) is -1.54. The monoisotopic (exact) mass is 457 g/mol. The average molecular weight is 458 g/mol. The van der Waals surface area contributed by atoms with Crippen LogP contribution in [0.25, 0.3) is 11.3 Å². The molecule has 0 fully saturated rings. The van der Waals surface area contributed by atoms with Crippen molar-refractivity contribution in [1.29, 1.82) is 0 Å². The highest BCUT2D eigenvalue weighted by Crippen LogP contribution is 2.47. The predicted molar refractivity (Wildman–Crippen MR) is 125 cm³/mol. The summed E-state index contributed by atoms with van der Waals surface area (Å²) in [6.07, 6.45) is 2.53. The van der Waals surface area contributed by atoms with E-state index in [2.05, 4.69) is 15.5 Å². The van der Waals surface area contributed by atoms with Gasteiger partial charge in [0.05, 0.1) is 30.5 Å². The summed E-state index contributed by atoms with van der Waals surface area (Å²) in [5.41, 5.74) is 5.69. The average Bonchev–Trinajstić information content (AvgIpc) is 3.33. The number of Topliss-reactive ketones (excluding diaryl/α,β-unsaturated/α-hetero) is 1. The maximum absolute atomic E-state index is 13.6. The number of carbonyl (C=O) groups is 2. The first kappa shape index (κ1) is 21.8. The Balaban J connectivity index is 1.63. The van der Waals surface area contributed by atoms with Crippen LogP contribution in [0.4, 0.5) is 4.39 Å². The van der Waals surface area contributed by atoms with Crippen molar-refractivity contribution < 1.29 is 18.7 Å². The Hall–Kier alpha value is -4.00. The molecule has 0 spiro atoms. The molecule has 2 aromatic carbocycles. The number of halogens is 1. The fourth-order valence-corrected chi connectivity index (χ4v) is 5.05. The molecule has 34 heavy (non-hydrogen) atoms. The standard InChI is InChI=1S/C27H24FN3O3/c1-15-23(27(33)34-2)24(20-14-29-31-26(20)17-6-4-3-5-7-17)25-21(30-15)12-18(13-22(25)32)16-8-10-19(28)11-9-16/h3-11,14,18,24,30H,12-13H2,1-2H3,(H,29,31)/t18-,24-/m1/s1. The number of ketones is 1. The van der Waals surface area contributed by atoms with Gasteiger partial charge in [-0.25, -0.2) is 9.18 Å². The van der Waals surface area contributed by atoms with Gasteiger partial charge in [0.25, 0.3) is 0 Å². The second-order valence-corrected chi connectivity index (χ2v) is 8.63. The van der Waals surface area contributed by atoms with Crippen LogP contribution in [0.15, 0.2) is 83.3 Å². The molecule has 2 N–H and O–H groups in total. The molecule has 0 amide bonds. The second-order valence-electron chi connectivity index (χ2n) is 8.63. The lowest BCUT2D eigenvalue weighted by Crippen LogP contribution is -2.36.